The number of aromatic carboxylic acids is 1. The third kappa shape index (κ3) is 1.37. The summed E-state index contributed by atoms with van der Waals surface area (Å²) in [5, 5.41) is 16.7. The highest BCUT2D eigenvalue weighted by Crippen LogP contribution is 2.07. The average Bonchev–Trinajstić information content (AvgIpc) is 2.36. The van der Waals surface area contributed by atoms with E-state index in [1.807, 2.05) is 0 Å². The summed E-state index contributed by atoms with van der Waals surface area (Å²) in [6.07, 6.45) is 2.79. The first-order valence-corrected chi connectivity index (χ1v) is 2.73. The Hall–Kier alpha value is -1.78. The largest absolute Gasteiger partial charge is 0.515 e. The van der Waals surface area contributed by atoms with Crippen molar-refractivity contribution in [1.82, 2.24) is 4.98 Å². The molecule has 0 fully saturated rings. The van der Waals surface area contributed by atoms with E-state index < -0.39 is 5.97 Å². The predicted molar refractivity (Wildman–Crippen MR) is 35.1 cm³/mol. The molecule has 1 rings (SSSR count). The molecule has 0 spiro atoms. The van der Waals surface area contributed by atoms with Crippen molar-refractivity contribution in [3.8, 4) is 0 Å². The Morgan fingerprint density at radius 2 is 2.45 bits per heavy atom. The molecule has 0 aliphatic heterocycles. The molecule has 0 bridgehead atoms. The van der Waals surface area contributed by atoms with Gasteiger partial charge in [-0.25, -0.2) is 9.78 Å². The summed E-state index contributed by atoms with van der Waals surface area (Å²) in [4.78, 5) is 13.7. The molecule has 0 atom stereocenters. The molecule has 0 saturated heterocycles. The molecule has 1 aromatic heterocycles. The number of aliphatic hydroxyl groups excluding tert-OH is 1. The van der Waals surface area contributed by atoms with Gasteiger partial charge in [-0.05, 0) is 0 Å². The van der Waals surface area contributed by atoms with Crippen molar-refractivity contribution in [3.05, 3.63) is 24.1 Å². The molecule has 5 heteroatoms. The van der Waals surface area contributed by atoms with E-state index >= 15 is 0 Å². The van der Waals surface area contributed by atoms with Crippen LogP contribution in [0.15, 0.2) is 17.1 Å². The maximum atomic E-state index is 10.3. The van der Waals surface area contributed by atoms with Crippen LogP contribution in [0.25, 0.3) is 6.08 Å². The standard InChI is InChI=1S/C6H5NO4/c8-2-1-4-5(6(9)10)7-3-11-4/h1-3,8H,(H,9,10)/b2-1+. The second kappa shape index (κ2) is 2.87. The van der Waals surface area contributed by atoms with Gasteiger partial charge in [0.1, 0.15) is 0 Å². The fraction of sp³-hybridized carbons (Fsp3) is 0. The van der Waals surface area contributed by atoms with Crippen LogP contribution in [0.2, 0.25) is 0 Å². The second-order valence-corrected chi connectivity index (χ2v) is 1.69. The van der Waals surface area contributed by atoms with Crippen molar-refractivity contribution in [2.75, 3.05) is 0 Å². The lowest BCUT2D eigenvalue weighted by Gasteiger charge is -1.85. The van der Waals surface area contributed by atoms with Crippen LogP contribution < -0.4 is 0 Å². The van der Waals surface area contributed by atoms with Gasteiger partial charge >= 0.3 is 5.97 Å². The minimum Gasteiger partial charge on any atom is -0.515 e. The van der Waals surface area contributed by atoms with E-state index in [0.717, 1.165) is 12.5 Å². The Labute approximate surface area is 61.6 Å². The minimum atomic E-state index is -1.19. The smallest absolute Gasteiger partial charge is 0.358 e. The van der Waals surface area contributed by atoms with E-state index in [0.29, 0.717) is 6.26 Å². The van der Waals surface area contributed by atoms with Crippen molar-refractivity contribution in [2.45, 2.75) is 0 Å². The number of rotatable bonds is 2. The monoisotopic (exact) mass is 155 g/mol. The Bertz CT molecular complexity index is 289. The molecule has 0 aromatic carbocycles. The summed E-state index contributed by atoms with van der Waals surface area (Å²) in [5.74, 6) is -1.16. The number of aromatic nitrogens is 1. The van der Waals surface area contributed by atoms with Crippen LogP contribution >= 0.6 is 0 Å². The van der Waals surface area contributed by atoms with Crippen molar-refractivity contribution in [1.29, 1.82) is 0 Å². The van der Waals surface area contributed by atoms with Crippen LogP contribution in [0.4, 0.5) is 0 Å². The van der Waals surface area contributed by atoms with Crippen molar-refractivity contribution in [2.24, 2.45) is 0 Å². The highest BCUT2D eigenvalue weighted by molar-refractivity contribution is 5.88. The van der Waals surface area contributed by atoms with E-state index in [-0.39, 0.29) is 11.5 Å². The molecule has 0 saturated carbocycles. The second-order valence-electron chi connectivity index (χ2n) is 1.69. The van der Waals surface area contributed by atoms with Gasteiger partial charge in [0.25, 0.3) is 0 Å². The molecule has 58 valence electrons. The number of hydrogen-bond acceptors (Lipinski definition) is 4. The van der Waals surface area contributed by atoms with E-state index in [1.165, 1.54) is 0 Å². The van der Waals surface area contributed by atoms with Crippen LogP contribution in [-0.4, -0.2) is 21.2 Å². The van der Waals surface area contributed by atoms with Gasteiger partial charge in [-0.2, -0.15) is 0 Å². The molecule has 0 aliphatic carbocycles. The highest BCUT2D eigenvalue weighted by atomic mass is 16.4. The van der Waals surface area contributed by atoms with Gasteiger partial charge in [-0.1, -0.05) is 0 Å². The fourth-order valence-corrected chi connectivity index (χ4v) is 0.602. The Kier molecular flexibility index (Phi) is 1.91. The highest BCUT2D eigenvalue weighted by Gasteiger charge is 2.12. The van der Waals surface area contributed by atoms with Crippen molar-refractivity contribution < 1.29 is 19.4 Å². The zero-order valence-corrected chi connectivity index (χ0v) is 5.39. The predicted octanol–water partition coefficient (Wildman–Crippen LogP) is 0.901. The molecular weight excluding hydrogens is 150 g/mol. The topological polar surface area (TPSA) is 83.6 Å². The maximum absolute atomic E-state index is 10.3. The summed E-state index contributed by atoms with van der Waals surface area (Å²) in [6, 6.07) is 0. The molecular formula is C6H5NO4. The molecule has 0 aliphatic rings. The molecule has 1 heterocycles. The summed E-state index contributed by atoms with van der Waals surface area (Å²) in [7, 11) is 0. The Balaban J connectivity index is 3.05. The quantitative estimate of drug-likeness (QED) is 0.620. The number of carboxylic acid groups (broad SMARTS) is 1. The zero-order chi connectivity index (χ0) is 8.27. The zero-order valence-electron chi connectivity index (χ0n) is 5.39. The van der Waals surface area contributed by atoms with Crippen LogP contribution in [0.1, 0.15) is 16.2 Å². The number of aliphatic hydroxyl groups is 1. The number of oxazole rings is 1. The van der Waals surface area contributed by atoms with Crippen LogP contribution in [0.5, 0.6) is 0 Å². The van der Waals surface area contributed by atoms with E-state index in [2.05, 4.69) is 9.40 Å². The molecule has 0 radical (unpaired) electrons. The van der Waals surface area contributed by atoms with Crippen molar-refractivity contribution >= 4 is 12.0 Å². The van der Waals surface area contributed by atoms with Gasteiger partial charge in [-0.15, -0.1) is 0 Å². The van der Waals surface area contributed by atoms with E-state index in [4.69, 9.17) is 10.2 Å². The summed E-state index contributed by atoms with van der Waals surface area (Å²) < 4.78 is 4.63. The van der Waals surface area contributed by atoms with Crippen molar-refractivity contribution in [3.63, 3.8) is 0 Å². The van der Waals surface area contributed by atoms with Gasteiger partial charge in [-0.3, -0.25) is 0 Å². The molecule has 0 unspecified atom stereocenters. The lowest BCUT2D eigenvalue weighted by molar-refractivity contribution is 0.0690. The summed E-state index contributed by atoms with van der Waals surface area (Å²) in [6.45, 7) is 0. The van der Waals surface area contributed by atoms with E-state index in [9.17, 15) is 4.79 Å². The van der Waals surface area contributed by atoms with Crippen LogP contribution in [-0.2, 0) is 0 Å². The summed E-state index contributed by atoms with van der Waals surface area (Å²) >= 11 is 0. The Morgan fingerprint density at radius 1 is 1.73 bits per heavy atom. The van der Waals surface area contributed by atoms with Gasteiger partial charge in [0.05, 0.1) is 6.26 Å². The number of carboxylic acids is 1. The molecule has 0 amide bonds. The first-order valence-electron chi connectivity index (χ1n) is 2.73. The number of hydrogen-bond donors (Lipinski definition) is 2. The van der Waals surface area contributed by atoms with Crippen LogP contribution in [0, 0.1) is 0 Å². The third-order valence-electron chi connectivity index (χ3n) is 1.02. The molecule has 2 N–H and O–H groups in total. The van der Waals surface area contributed by atoms with Gasteiger partial charge in [0, 0.05) is 6.08 Å². The lowest BCUT2D eigenvalue weighted by atomic mass is 10.3. The number of nitrogens with zero attached hydrogens (tertiary/aromatic N) is 1. The lowest BCUT2D eigenvalue weighted by Crippen LogP contribution is -1.97. The number of carbonyl (C=O) groups is 1. The van der Waals surface area contributed by atoms with Gasteiger partial charge < -0.3 is 14.6 Å². The third-order valence-corrected chi connectivity index (χ3v) is 1.02. The fourth-order valence-electron chi connectivity index (χ4n) is 0.602. The Morgan fingerprint density at radius 3 is 3.00 bits per heavy atom. The van der Waals surface area contributed by atoms with E-state index in [1.54, 1.807) is 0 Å². The first-order chi connectivity index (χ1) is 5.25. The molecule has 5 nitrogen and oxygen atoms in total. The average molecular weight is 155 g/mol. The normalized spacial score (nSPS) is 10.5. The van der Waals surface area contributed by atoms with Gasteiger partial charge in [0.15, 0.2) is 17.8 Å². The molecule has 1 aromatic rings. The van der Waals surface area contributed by atoms with Gasteiger partial charge in [0.2, 0.25) is 0 Å². The van der Waals surface area contributed by atoms with Crippen LogP contribution in [0.3, 0.4) is 0 Å². The first kappa shape index (κ1) is 7.33. The SMILES string of the molecule is O=C(O)c1ncoc1/C=C/O. The molecule has 11 heavy (non-hydrogen) atoms. The minimum absolute atomic E-state index is 0.0278. The maximum Gasteiger partial charge on any atom is 0.358 e. The summed E-state index contributed by atoms with van der Waals surface area (Å²) in [5.41, 5.74) is -0.213.